The second kappa shape index (κ2) is 8.84. The van der Waals surface area contributed by atoms with Crippen molar-refractivity contribution in [2.75, 3.05) is 6.54 Å². The Morgan fingerprint density at radius 2 is 1.96 bits per heavy atom. The summed E-state index contributed by atoms with van der Waals surface area (Å²) in [5.74, 6) is 2.65. The van der Waals surface area contributed by atoms with Crippen LogP contribution in [0.25, 0.3) is 11.6 Å². The third-order valence-corrected chi connectivity index (χ3v) is 3.95. The number of benzene rings is 1. The molecule has 1 aromatic carbocycles. The molecule has 0 radical (unpaired) electrons. The van der Waals surface area contributed by atoms with Crippen LogP contribution in [0, 0.1) is 0 Å². The summed E-state index contributed by atoms with van der Waals surface area (Å²) in [5, 5.41) is 13.6. The average Bonchev–Trinajstić information content (AvgIpc) is 3.35. The van der Waals surface area contributed by atoms with Crippen LogP contribution in [0.4, 0.5) is 0 Å². The Kier molecular flexibility index (Phi) is 6.03. The fourth-order valence-corrected chi connectivity index (χ4v) is 2.62. The highest BCUT2D eigenvalue weighted by Gasteiger charge is 2.08. The van der Waals surface area contributed by atoms with E-state index in [0.29, 0.717) is 24.7 Å². The van der Waals surface area contributed by atoms with E-state index < -0.39 is 0 Å². The molecule has 0 spiro atoms. The van der Waals surface area contributed by atoms with Crippen molar-refractivity contribution in [2.45, 2.75) is 33.4 Å². The Morgan fingerprint density at radius 3 is 2.69 bits per heavy atom. The third kappa shape index (κ3) is 4.50. The molecule has 0 unspecified atom stereocenters. The van der Waals surface area contributed by atoms with Crippen LogP contribution >= 0.6 is 0 Å². The average molecular weight is 352 g/mol. The fraction of sp³-hybridized carbons (Fsp3) is 0.316. The molecule has 0 fully saturated rings. The van der Waals surface area contributed by atoms with Crippen LogP contribution in [-0.2, 0) is 19.5 Å². The molecule has 7 nitrogen and oxygen atoms in total. The molecule has 0 saturated carbocycles. The zero-order chi connectivity index (χ0) is 18.2. The highest BCUT2D eigenvalue weighted by atomic mass is 16.3. The highest BCUT2D eigenvalue weighted by Crippen LogP contribution is 2.14. The third-order valence-electron chi connectivity index (χ3n) is 3.95. The van der Waals surface area contributed by atoms with Gasteiger partial charge in [0.2, 0.25) is 5.82 Å². The molecule has 0 aliphatic heterocycles. The van der Waals surface area contributed by atoms with Gasteiger partial charge in [-0.3, -0.25) is 5.10 Å². The van der Waals surface area contributed by atoms with E-state index in [1.807, 2.05) is 19.1 Å². The van der Waals surface area contributed by atoms with Gasteiger partial charge in [0.25, 0.3) is 0 Å². The summed E-state index contributed by atoms with van der Waals surface area (Å²) in [6, 6.07) is 12.0. The summed E-state index contributed by atoms with van der Waals surface area (Å²) in [5.41, 5.74) is 2.57. The van der Waals surface area contributed by atoms with Crippen LogP contribution in [0.15, 0.2) is 52.1 Å². The van der Waals surface area contributed by atoms with Crippen molar-refractivity contribution in [3.05, 3.63) is 59.6 Å². The van der Waals surface area contributed by atoms with E-state index in [4.69, 9.17) is 4.42 Å². The zero-order valence-electron chi connectivity index (χ0n) is 15.1. The number of H-pyrrole nitrogens is 1. The molecule has 26 heavy (non-hydrogen) atoms. The van der Waals surface area contributed by atoms with Gasteiger partial charge in [0.05, 0.1) is 19.4 Å². The number of hydrogen-bond donors (Lipinski definition) is 3. The number of furan rings is 1. The van der Waals surface area contributed by atoms with Crippen molar-refractivity contribution in [1.82, 2.24) is 25.8 Å². The van der Waals surface area contributed by atoms with E-state index in [0.717, 1.165) is 24.7 Å². The standard InChI is InChI=1S/C19H24N6O/c1-3-14-8-5-6-9-15(14)12-21-19(20-4-2)22-13-17-23-18(25-24-17)16-10-7-11-26-16/h5-11H,3-4,12-13H2,1-2H3,(H2,20,21,22)(H,23,24,25). The normalized spacial score (nSPS) is 11.5. The van der Waals surface area contributed by atoms with Gasteiger partial charge >= 0.3 is 0 Å². The van der Waals surface area contributed by atoms with Gasteiger partial charge in [0.15, 0.2) is 11.7 Å². The van der Waals surface area contributed by atoms with Gasteiger partial charge in [0, 0.05) is 6.54 Å². The maximum Gasteiger partial charge on any atom is 0.216 e. The second-order valence-electron chi connectivity index (χ2n) is 5.75. The fourth-order valence-electron chi connectivity index (χ4n) is 2.62. The molecule has 0 aliphatic rings. The van der Waals surface area contributed by atoms with Gasteiger partial charge in [-0.15, -0.1) is 5.10 Å². The first-order valence-corrected chi connectivity index (χ1v) is 8.84. The van der Waals surface area contributed by atoms with Crippen molar-refractivity contribution in [1.29, 1.82) is 0 Å². The summed E-state index contributed by atoms with van der Waals surface area (Å²) >= 11 is 0. The zero-order valence-corrected chi connectivity index (χ0v) is 15.1. The molecule has 0 saturated heterocycles. The van der Waals surface area contributed by atoms with Crippen LogP contribution in [0.1, 0.15) is 30.8 Å². The molecular formula is C19H24N6O. The van der Waals surface area contributed by atoms with Crippen molar-refractivity contribution in [2.24, 2.45) is 4.99 Å². The molecule has 0 aliphatic carbocycles. The lowest BCUT2D eigenvalue weighted by atomic mass is 10.1. The molecule has 2 aromatic heterocycles. The molecule has 0 atom stereocenters. The lowest BCUT2D eigenvalue weighted by Gasteiger charge is -2.11. The number of aryl methyl sites for hydroxylation is 1. The number of guanidine groups is 1. The van der Waals surface area contributed by atoms with Crippen molar-refractivity contribution >= 4 is 5.96 Å². The van der Waals surface area contributed by atoms with Crippen molar-refractivity contribution < 1.29 is 4.42 Å². The molecule has 0 bridgehead atoms. The van der Waals surface area contributed by atoms with E-state index in [1.165, 1.54) is 11.1 Å². The van der Waals surface area contributed by atoms with Crippen LogP contribution in [0.2, 0.25) is 0 Å². The minimum Gasteiger partial charge on any atom is -0.461 e. The molecule has 7 heteroatoms. The topological polar surface area (TPSA) is 91.1 Å². The van der Waals surface area contributed by atoms with Gasteiger partial charge in [0.1, 0.15) is 5.82 Å². The Morgan fingerprint density at radius 1 is 1.12 bits per heavy atom. The van der Waals surface area contributed by atoms with Crippen molar-refractivity contribution in [3.63, 3.8) is 0 Å². The summed E-state index contributed by atoms with van der Waals surface area (Å²) < 4.78 is 5.30. The Bertz CT molecular complexity index is 837. The molecule has 3 N–H and O–H groups in total. The lowest BCUT2D eigenvalue weighted by Crippen LogP contribution is -2.37. The first kappa shape index (κ1) is 17.7. The van der Waals surface area contributed by atoms with Crippen LogP contribution in [0.5, 0.6) is 0 Å². The van der Waals surface area contributed by atoms with Crippen LogP contribution in [-0.4, -0.2) is 27.7 Å². The summed E-state index contributed by atoms with van der Waals surface area (Å²) in [6.07, 6.45) is 2.61. The van der Waals surface area contributed by atoms with Gasteiger partial charge < -0.3 is 15.1 Å². The Labute approximate surface area is 153 Å². The summed E-state index contributed by atoms with van der Waals surface area (Å²) in [4.78, 5) is 9.10. The Balaban J connectivity index is 1.63. The van der Waals surface area contributed by atoms with Crippen molar-refractivity contribution in [3.8, 4) is 11.6 Å². The minimum atomic E-state index is 0.495. The number of aromatic nitrogens is 3. The van der Waals surface area contributed by atoms with Crippen LogP contribution < -0.4 is 10.6 Å². The molecule has 3 aromatic rings. The molecule has 3 rings (SSSR count). The largest absolute Gasteiger partial charge is 0.461 e. The van der Waals surface area contributed by atoms with E-state index >= 15 is 0 Å². The molecule has 136 valence electrons. The first-order valence-electron chi connectivity index (χ1n) is 8.84. The minimum absolute atomic E-state index is 0.495. The summed E-state index contributed by atoms with van der Waals surface area (Å²) in [7, 11) is 0. The highest BCUT2D eigenvalue weighted by molar-refractivity contribution is 5.79. The Hall–Kier alpha value is -3.09. The van der Waals surface area contributed by atoms with Gasteiger partial charge in [-0.05, 0) is 36.6 Å². The maximum atomic E-state index is 5.30. The van der Waals surface area contributed by atoms with E-state index in [1.54, 1.807) is 6.26 Å². The second-order valence-corrected chi connectivity index (χ2v) is 5.75. The molecule has 2 heterocycles. The molecular weight excluding hydrogens is 328 g/mol. The smallest absolute Gasteiger partial charge is 0.216 e. The first-order chi connectivity index (χ1) is 12.8. The maximum absolute atomic E-state index is 5.30. The number of rotatable bonds is 7. The van der Waals surface area contributed by atoms with Gasteiger partial charge in [-0.25, -0.2) is 9.98 Å². The lowest BCUT2D eigenvalue weighted by molar-refractivity contribution is 0.577. The van der Waals surface area contributed by atoms with E-state index in [-0.39, 0.29) is 0 Å². The van der Waals surface area contributed by atoms with Gasteiger partial charge in [-0.2, -0.15) is 0 Å². The van der Waals surface area contributed by atoms with E-state index in [9.17, 15) is 0 Å². The SMILES string of the molecule is CCNC(=NCc1ccccc1CC)NCc1nc(-c2ccco2)n[nH]1. The number of aromatic amines is 1. The number of hydrogen-bond acceptors (Lipinski definition) is 4. The predicted molar refractivity (Wildman–Crippen MR) is 102 cm³/mol. The number of aliphatic imine (C=N–C) groups is 1. The summed E-state index contributed by atoms with van der Waals surface area (Å²) in [6.45, 7) is 6.12. The number of nitrogens with zero attached hydrogens (tertiary/aromatic N) is 3. The van der Waals surface area contributed by atoms with Gasteiger partial charge in [-0.1, -0.05) is 31.2 Å². The monoisotopic (exact) mass is 352 g/mol. The molecule has 0 amide bonds. The quantitative estimate of drug-likeness (QED) is 0.449. The van der Waals surface area contributed by atoms with Crippen LogP contribution in [0.3, 0.4) is 0 Å². The van der Waals surface area contributed by atoms with E-state index in [2.05, 4.69) is 62.0 Å². The predicted octanol–water partition coefficient (Wildman–Crippen LogP) is 2.88. The number of nitrogens with one attached hydrogen (secondary N) is 3.